The molecular weight excluding hydrogens is 218 g/mol. The van der Waals surface area contributed by atoms with Gasteiger partial charge in [0.15, 0.2) is 0 Å². The Morgan fingerprint density at radius 1 is 1.19 bits per heavy atom. The Bertz CT molecular complexity index is 544. The summed E-state index contributed by atoms with van der Waals surface area (Å²) in [5, 5.41) is 1.93. The number of pyridine rings is 1. The van der Waals surface area contributed by atoms with Crippen LogP contribution in [-0.4, -0.2) is 4.98 Å². The molecular formula is C14H16ClN. The molecule has 0 fully saturated rings. The number of aromatic nitrogens is 1. The quantitative estimate of drug-likeness (QED) is 0.700. The molecule has 2 heteroatoms. The number of hydrogen-bond acceptors (Lipinski definition) is 1. The Balaban J connectivity index is 2.86. The van der Waals surface area contributed by atoms with E-state index in [0.29, 0.717) is 5.92 Å². The van der Waals surface area contributed by atoms with Gasteiger partial charge in [0.2, 0.25) is 0 Å². The molecule has 0 aliphatic carbocycles. The zero-order valence-electron chi connectivity index (χ0n) is 10.1. The van der Waals surface area contributed by atoms with Crippen LogP contribution in [0.3, 0.4) is 0 Å². The van der Waals surface area contributed by atoms with Crippen molar-refractivity contribution in [3.8, 4) is 0 Å². The third kappa shape index (κ3) is 1.80. The number of aryl methyl sites for hydroxylation is 2. The second-order valence-corrected chi connectivity index (χ2v) is 5.04. The molecule has 0 atom stereocenters. The lowest BCUT2D eigenvalue weighted by molar-refractivity contribution is 0.859. The summed E-state index contributed by atoms with van der Waals surface area (Å²) in [7, 11) is 0. The lowest BCUT2D eigenvalue weighted by atomic mass is 9.94. The fourth-order valence-corrected chi connectivity index (χ4v) is 2.38. The normalized spacial score (nSPS) is 11.4. The van der Waals surface area contributed by atoms with Crippen LogP contribution in [0.2, 0.25) is 5.02 Å². The number of nitrogens with zero attached hydrogens (tertiary/aromatic N) is 1. The summed E-state index contributed by atoms with van der Waals surface area (Å²) in [6.45, 7) is 8.58. The van der Waals surface area contributed by atoms with Crippen molar-refractivity contribution in [1.29, 1.82) is 0 Å². The predicted octanol–water partition coefficient (Wildman–Crippen LogP) is 4.63. The third-order valence-electron chi connectivity index (χ3n) is 2.99. The van der Waals surface area contributed by atoms with E-state index < -0.39 is 0 Å². The number of fused-ring (bicyclic) bond motifs is 1. The second kappa shape index (κ2) is 4.06. The van der Waals surface area contributed by atoms with Gasteiger partial charge in [0.25, 0.3) is 0 Å². The van der Waals surface area contributed by atoms with E-state index in [-0.39, 0.29) is 0 Å². The van der Waals surface area contributed by atoms with E-state index in [1.54, 1.807) is 0 Å². The number of hydrogen-bond donors (Lipinski definition) is 0. The fraction of sp³-hybridized carbons (Fsp3) is 0.357. The third-order valence-corrected chi connectivity index (χ3v) is 3.28. The Morgan fingerprint density at radius 2 is 1.88 bits per heavy atom. The largest absolute Gasteiger partial charge is 0.254 e. The maximum Gasteiger partial charge on any atom is 0.0891 e. The molecule has 2 aromatic rings. The summed E-state index contributed by atoms with van der Waals surface area (Å²) in [4.78, 5) is 4.41. The van der Waals surface area contributed by atoms with Gasteiger partial charge >= 0.3 is 0 Å². The molecule has 0 aliphatic heterocycles. The van der Waals surface area contributed by atoms with Gasteiger partial charge in [-0.25, -0.2) is 0 Å². The summed E-state index contributed by atoms with van der Waals surface area (Å²) in [6.07, 6.45) is 1.86. The highest BCUT2D eigenvalue weighted by molar-refractivity contribution is 6.35. The molecule has 0 amide bonds. The Morgan fingerprint density at radius 3 is 2.50 bits per heavy atom. The molecule has 0 bridgehead atoms. The first-order valence-electron chi connectivity index (χ1n) is 5.56. The minimum absolute atomic E-state index is 0.488. The average Bonchev–Trinajstić information content (AvgIpc) is 2.22. The zero-order valence-corrected chi connectivity index (χ0v) is 10.9. The van der Waals surface area contributed by atoms with Gasteiger partial charge in [-0.1, -0.05) is 25.4 Å². The highest BCUT2D eigenvalue weighted by atomic mass is 35.5. The molecule has 0 saturated carbocycles. The van der Waals surface area contributed by atoms with Gasteiger partial charge in [0.05, 0.1) is 10.5 Å². The molecule has 0 saturated heterocycles. The van der Waals surface area contributed by atoms with Crippen molar-refractivity contribution in [2.45, 2.75) is 33.6 Å². The predicted molar refractivity (Wildman–Crippen MR) is 70.3 cm³/mol. The summed E-state index contributed by atoms with van der Waals surface area (Å²) < 4.78 is 0. The number of halogens is 1. The molecule has 1 aromatic carbocycles. The topological polar surface area (TPSA) is 12.9 Å². The minimum Gasteiger partial charge on any atom is -0.254 e. The summed E-state index contributed by atoms with van der Waals surface area (Å²) >= 11 is 6.27. The monoisotopic (exact) mass is 233 g/mol. The SMILES string of the molecule is Cc1cnc2c(Cl)cc(C(C)C)c(C)c2c1. The van der Waals surface area contributed by atoms with E-state index in [4.69, 9.17) is 11.6 Å². The Kier molecular flexibility index (Phi) is 2.90. The average molecular weight is 234 g/mol. The number of benzene rings is 1. The van der Waals surface area contributed by atoms with Gasteiger partial charge < -0.3 is 0 Å². The molecule has 1 aromatic heterocycles. The van der Waals surface area contributed by atoms with Crippen LogP contribution in [0.15, 0.2) is 18.3 Å². The summed E-state index contributed by atoms with van der Waals surface area (Å²) in [5.74, 6) is 0.488. The fourth-order valence-electron chi connectivity index (χ4n) is 2.11. The molecule has 0 spiro atoms. The van der Waals surface area contributed by atoms with Crippen molar-refractivity contribution in [2.75, 3.05) is 0 Å². The first-order chi connectivity index (χ1) is 7.50. The molecule has 0 unspecified atom stereocenters. The molecule has 84 valence electrons. The van der Waals surface area contributed by atoms with Crippen molar-refractivity contribution in [3.63, 3.8) is 0 Å². The van der Waals surface area contributed by atoms with Gasteiger partial charge in [-0.05, 0) is 48.6 Å². The maximum atomic E-state index is 6.27. The smallest absolute Gasteiger partial charge is 0.0891 e. The lowest BCUT2D eigenvalue weighted by Crippen LogP contribution is -1.95. The molecule has 2 rings (SSSR count). The van der Waals surface area contributed by atoms with Crippen LogP contribution in [0.4, 0.5) is 0 Å². The first-order valence-corrected chi connectivity index (χ1v) is 5.94. The Hall–Kier alpha value is -1.08. The molecule has 0 aliphatic rings. The van der Waals surface area contributed by atoms with E-state index in [1.807, 2.05) is 12.3 Å². The van der Waals surface area contributed by atoms with Crippen molar-refractivity contribution in [2.24, 2.45) is 0 Å². The molecule has 0 radical (unpaired) electrons. The van der Waals surface area contributed by atoms with Gasteiger partial charge in [-0.3, -0.25) is 4.98 Å². The van der Waals surface area contributed by atoms with Crippen LogP contribution >= 0.6 is 11.6 Å². The lowest BCUT2D eigenvalue weighted by Gasteiger charge is -2.13. The van der Waals surface area contributed by atoms with Crippen LogP contribution in [0.5, 0.6) is 0 Å². The van der Waals surface area contributed by atoms with Crippen LogP contribution in [-0.2, 0) is 0 Å². The van der Waals surface area contributed by atoms with Gasteiger partial charge in [0, 0.05) is 11.6 Å². The van der Waals surface area contributed by atoms with Crippen LogP contribution in [0, 0.1) is 13.8 Å². The van der Waals surface area contributed by atoms with E-state index in [1.165, 1.54) is 22.1 Å². The molecule has 16 heavy (non-hydrogen) atoms. The molecule has 0 N–H and O–H groups in total. The summed E-state index contributed by atoms with van der Waals surface area (Å²) in [5.41, 5.74) is 4.69. The van der Waals surface area contributed by atoms with E-state index in [0.717, 1.165) is 10.5 Å². The standard InChI is InChI=1S/C14H16ClN/c1-8(2)11-6-13(15)14-12(10(11)4)5-9(3)7-16-14/h5-8H,1-4H3. The van der Waals surface area contributed by atoms with Gasteiger partial charge in [-0.15, -0.1) is 0 Å². The number of rotatable bonds is 1. The zero-order chi connectivity index (χ0) is 11.9. The van der Waals surface area contributed by atoms with E-state index in [2.05, 4.69) is 38.7 Å². The molecule has 1 heterocycles. The van der Waals surface area contributed by atoms with Crippen molar-refractivity contribution < 1.29 is 0 Å². The molecule has 1 nitrogen and oxygen atoms in total. The van der Waals surface area contributed by atoms with E-state index in [9.17, 15) is 0 Å². The second-order valence-electron chi connectivity index (χ2n) is 4.64. The first kappa shape index (κ1) is 11.4. The van der Waals surface area contributed by atoms with Crippen LogP contribution < -0.4 is 0 Å². The van der Waals surface area contributed by atoms with E-state index >= 15 is 0 Å². The highest BCUT2D eigenvalue weighted by Crippen LogP contribution is 2.31. The van der Waals surface area contributed by atoms with Crippen LogP contribution in [0.1, 0.15) is 36.5 Å². The highest BCUT2D eigenvalue weighted by Gasteiger charge is 2.11. The van der Waals surface area contributed by atoms with Crippen molar-refractivity contribution in [3.05, 3.63) is 40.0 Å². The van der Waals surface area contributed by atoms with Crippen LogP contribution in [0.25, 0.3) is 10.9 Å². The van der Waals surface area contributed by atoms with Crippen molar-refractivity contribution >= 4 is 22.5 Å². The Labute approximate surface area is 101 Å². The van der Waals surface area contributed by atoms with Gasteiger partial charge in [-0.2, -0.15) is 0 Å². The minimum atomic E-state index is 0.488. The maximum absolute atomic E-state index is 6.27. The van der Waals surface area contributed by atoms with Crippen molar-refractivity contribution in [1.82, 2.24) is 4.98 Å². The summed E-state index contributed by atoms with van der Waals surface area (Å²) in [6, 6.07) is 4.21. The van der Waals surface area contributed by atoms with Gasteiger partial charge in [0.1, 0.15) is 0 Å².